The van der Waals surface area contributed by atoms with Gasteiger partial charge in [0.15, 0.2) is 0 Å². The van der Waals surface area contributed by atoms with Gasteiger partial charge >= 0.3 is 0 Å². The lowest BCUT2D eigenvalue weighted by atomic mass is 10.0. The van der Waals surface area contributed by atoms with Crippen LogP contribution in [0, 0.1) is 20.8 Å². The van der Waals surface area contributed by atoms with Crippen molar-refractivity contribution in [3.05, 3.63) is 58.7 Å². The summed E-state index contributed by atoms with van der Waals surface area (Å²) in [4.78, 5) is 12.2. The Kier molecular flexibility index (Phi) is 3.56. The number of amides is 1. The largest absolute Gasteiger partial charge is 0.398 e. The number of hydrogen-bond donors (Lipinski definition) is 2. The second-order valence-corrected chi connectivity index (χ2v) is 4.84. The number of rotatable bonds is 2. The summed E-state index contributed by atoms with van der Waals surface area (Å²) in [6, 6.07) is 11.4. The summed E-state index contributed by atoms with van der Waals surface area (Å²) in [5.74, 6) is -0.131. The van der Waals surface area contributed by atoms with Crippen molar-refractivity contribution in [3.63, 3.8) is 0 Å². The van der Waals surface area contributed by atoms with E-state index in [4.69, 9.17) is 5.73 Å². The van der Waals surface area contributed by atoms with Crippen molar-refractivity contribution < 1.29 is 4.79 Å². The summed E-state index contributed by atoms with van der Waals surface area (Å²) >= 11 is 0. The summed E-state index contributed by atoms with van der Waals surface area (Å²) < 4.78 is 0. The third-order valence-corrected chi connectivity index (χ3v) is 3.17. The van der Waals surface area contributed by atoms with Crippen LogP contribution >= 0.6 is 0 Å². The molecule has 0 aliphatic rings. The lowest BCUT2D eigenvalue weighted by Crippen LogP contribution is -2.14. The second kappa shape index (κ2) is 5.14. The van der Waals surface area contributed by atoms with Crippen LogP contribution in [0.3, 0.4) is 0 Å². The Morgan fingerprint density at radius 1 is 1.00 bits per heavy atom. The molecule has 2 rings (SSSR count). The first-order chi connectivity index (χ1) is 8.97. The zero-order valence-corrected chi connectivity index (χ0v) is 11.4. The first-order valence-corrected chi connectivity index (χ1v) is 6.22. The normalized spacial score (nSPS) is 10.3. The Bertz CT molecular complexity index is 615. The van der Waals surface area contributed by atoms with Gasteiger partial charge < -0.3 is 11.1 Å². The summed E-state index contributed by atoms with van der Waals surface area (Å²) in [6.07, 6.45) is 0. The number of nitrogens with one attached hydrogen (secondary N) is 1. The Labute approximate surface area is 113 Å². The molecule has 0 radical (unpaired) electrons. The number of benzene rings is 2. The first kappa shape index (κ1) is 13.1. The molecule has 3 heteroatoms. The van der Waals surface area contributed by atoms with E-state index in [1.54, 1.807) is 6.07 Å². The van der Waals surface area contributed by atoms with Gasteiger partial charge in [-0.25, -0.2) is 0 Å². The molecular weight excluding hydrogens is 236 g/mol. The number of aryl methyl sites for hydroxylation is 3. The van der Waals surface area contributed by atoms with Gasteiger partial charge in [-0.2, -0.15) is 0 Å². The second-order valence-electron chi connectivity index (χ2n) is 4.84. The van der Waals surface area contributed by atoms with E-state index in [0.29, 0.717) is 11.3 Å². The average molecular weight is 254 g/mol. The Morgan fingerprint density at radius 3 is 2.26 bits per heavy atom. The molecule has 19 heavy (non-hydrogen) atoms. The van der Waals surface area contributed by atoms with Crippen molar-refractivity contribution in [2.45, 2.75) is 20.8 Å². The number of carbonyl (C=O) groups is 1. The molecule has 3 nitrogen and oxygen atoms in total. The zero-order valence-electron chi connectivity index (χ0n) is 11.4. The van der Waals surface area contributed by atoms with E-state index in [-0.39, 0.29) is 5.91 Å². The lowest BCUT2D eigenvalue weighted by Gasteiger charge is -2.10. The molecule has 0 atom stereocenters. The first-order valence-electron chi connectivity index (χ1n) is 6.22. The number of nitrogen functional groups attached to an aromatic ring is 1. The fourth-order valence-electron chi connectivity index (χ4n) is 1.95. The van der Waals surface area contributed by atoms with E-state index in [9.17, 15) is 4.79 Å². The molecular formula is C16H18N2O. The Balaban J connectivity index is 2.25. The van der Waals surface area contributed by atoms with Gasteiger partial charge in [0.25, 0.3) is 5.91 Å². The van der Waals surface area contributed by atoms with E-state index in [2.05, 4.69) is 5.32 Å². The maximum absolute atomic E-state index is 12.2. The fourth-order valence-corrected chi connectivity index (χ4v) is 1.95. The monoisotopic (exact) mass is 254 g/mol. The van der Waals surface area contributed by atoms with Crippen LogP contribution in [0.2, 0.25) is 0 Å². The Morgan fingerprint density at radius 2 is 1.63 bits per heavy atom. The number of carbonyl (C=O) groups excluding carboxylic acids is 1. The van der Waals surface area contributed by atoms with Crippen LogP contribution in [0.4, 0.5) is 11.4 Å². The smallest absolute Gasteiger partial charge is 0.256 e. The van der Waals surface area contributed by atoms with Crippen LogP contribution in [-0.2, 0) is 0 Å². The van der Waals surface area contributed by atoms with Gasteiger partial charge in [0.1, 0.15) is 0 Å². The molecule has 98 valence electrons. The van der Waals surface area contributed by atoms with Crippen molar-refractivity contribution in [1.29, 1.82) is 0 Å². The van der Waals surface area contributed by atoms with Gasteiger partial charge in [0.05, 0.1) is 0 Å². The van der Waals surface area contributed by atoms with Crippen molar-refractivity contribution in [1.82, 2.24) is 0 Å². The lowest BCUT2D eigenvalue weighted by molar-refractivity contribution is 0.102. The number of nitrogens with two attached hydrogens (primary N) is 1. The predicted molar refractivity (Wildman–Crippen MR) is 79.5 cm³/mol. The average Bonchev–Trinajstić information content (AvgIpc) is 2.36. The molecule has 0 aromatic heterocycles. The van der Waals surface area contributed by atoms with Gasteiger partial charge in [-0.1, -0.05) is 23.8 Å². The molecule has 0 saturated heterocycles. The molecule has 0 aliphatic heterocycles. The molecule has 0 heterocycles. The van der Waals surface area contributed by atoms with Crippen LogP contribution in [0.25, 0.3) is 0 Å². The van der Waals surface area contributed by atoms with E-state index in [1.165, 1.54) is 0 Å². The summed E-state index contributed by atoms with van der Waals surface area (Å²) in [6.45, 7) is 5.86. The molecule has 3 N–H and O–H groups in total. The summed E-state index contributed by atoms with van der Waals surface area (Å²) in [5, 5.41) is 2.88. The quantitative estimate of drug-likeness (QED) is 0.806. The molecule has 0 saturated carbocycles. The van der Waals surface area contributed by atoms with Crippen molar-refractivity contribution >= 4 is 17.3 Å². The third-order valence-electron chi connectivity index (χ3n) is 3.17. The minimum Gasteiger partial charge on any atom is -0.398 e. The van der Waals surface area contributed by atoms with Gasteiger partial charge in [-0.05, 0) is 50.1 Å². The zero-order chi connectivity index (χ0) is 14.0. The summed E-state index contributed by atoms with van der Waals surface area (Å²) in [7, 11) is 0. The highest BCUT2D eigenvalue weighted by atomic mass is 16.1. The van der Waals surface area contributed by atoms with Crippen LogP contribution < -0.4 is 11.1 Å². The van der Waals surface area contributed by atoms with E-state index < -0.39 is 0 Å². The van der Waals surface area contributed by atoms with Crippen LogP contribution in [0.15, 0.2) is 36.4 Å². The highest BCUT2D eigenvalue weighted by Crippen LogP contribution is 2.19. The molecule has 2 aromatic rings. The third kappa shape index (κ3) is 2.94. The minimum atomic E-state index is -0.131. The fraction of sp³-hybridized carbons (Fsp3) is 0.188. The van der Waals surface area contributed by atoms with Crippen molar-refractivity contribution in [3.8, 4) is 0 Å². The van der Waals surface area contributed by atoms with Crippen LogP contribution in [0.1, 0.15) is 27.0 Å². The molecule has 0 bridgehead atoms. The van der Waals surface area contributed by atoms with Crippen molar-refractivity contribution in [2.75, 3.05) is 11.1 Å². The van der Waals surface area contributed by atoms with Crippen LogP contribution in [-0.4, -0.2) is 5.91 Å². The Hall–Kier alpha value is -2.29. The highest BCUT2D eigenvalue weighted by molar-refractivity contribution is 6.05. The topological polar surface area (TPSA) is 55.1 Å². The number of anilines is 2. The van der Waals surface area contributed by atoms with E-state index in [1.807, 2.05) is 51.1 Å². The molecule has 2 aromatic carbocycles. The molecule has 0 unspecified atom stereocenters. The van der Waals surface area contributed by atoms with E-state index in [0.717, 1.165) is 22.4 Å². The van der Waals surface area contributed by atoms with E-state index >= 15 is 0 Å². The molecule has 1 amide bonds. The van der Waals surface area contributed by atoms with Gasteiger partial charge in [0.2, 0.25) is 0 Å². The van der Waals surface area contributed by atoms with Crippen LogP contribution in [0.5, 0.6) is 0 Å². The SMILES string of the molecule is Cc1ccc(NC(=O)c2cc(N)c(C)cc2C)cc1. The van der Waals surface area contributed by atoms with Gasteiger partial charge in [0, 0.05) is 16.9 Å². The number of hydrogen-bond acceptors (Lipinski definition) is 2. The minimum absolute atomic E-state index is 0.131. The standard InChI is InChI=1S/C16H18N2O/c1-10-4-6-13(7-5-10)18-16(19)14-9-15(17)12(3)8-11(14)2/h4-9H,17H2,1-3H3,(H,18,19). The molecule has 0 spiro atoms. The molecule has 0 aliphatic carbocycles. The molecule has 0 fully saturated rings. The maximum atomic E-state index is 12.2. The summed E-state index contributed by atoms with van der Waals surface area (Å²) in [5.41, 5.74) is 11.0. The van der Waals surface area contributed by atoms with Crippen molar-refractivity contribution in [2.24, 2.45) is 0 Å². The highest BCUT2D eigenvalue weighted by Gasteiger charge is 2.11. The van der Waals surface area contributed by atoms with Gasteiger partial charge in [-0.15, -0.1) is 0 Å². The van der Waals surface area contributed by atoms with Gasteiger partial charge in [-0.3, -0.25) is 4.79 Å². The maximum Gasteiger partial charge on any atom is 0.256 e. The predicted octanol–water partition coefficient (Wildman–Crippen LogP) is 3.45.